The third-order valence-corrected chi connectivity index (χ3v) is 3.58. The molecule has 2 rings (SSSR count). The molecule has 0 heterocycles. The van der Waals surface area contributed by atoms with Gasteiger partial charge in [0.25, 0.3) is 5.91 Å². The van der Waals surface area contributed by atoms with E-state index in [9.17, 15) is 14.7 Å². The Kier molecular flexibility index (Phi) is 7.49. The smallest absolute Gasteiger partial charge is 0.326 e. The lowest BCUT2D eigenvalue weighted by atomic mass is 10.1. The number of hydrogen-bond donors (Lipinski definition) is 2. The Morgan fingerprint density at radius 1 is 1.00 bits per heavy atom. The van der Waals surface area contributed by atoms with E-state index in [0.717, 1.165) is 17.7 Å². The van der Waals surface area contributed by atoms with Gasteiger partial charge in [0.2, 0.25) is 0 Å². The Morgan fingerprint density at radius 2 is 1.62 bits per heavy atom. The molecule has 0 radical (unpaired) electrons. The van der Waals surface area contributed by atoms with E-state index in [-0.39, 0.29) is 13.0 Å². The van der Waals surface area contributed by atoms with E-state index in [1.807, 2.05) is 37.3 Å². The van der Waals surface area contributed by atoms with Gasteiger partial charge >= 0.3 is 5.97 Å². The molecule has 0 aromatic heterocycles. The van der Waals surface area contributed by atoms with Gasteiger partial charge in [0.1, 0.15) is 17.5 Å². The van der Waals surface area contributed by atoms with Gasteiger partial charge in [-0.1, -0.05) is 37.3 Å². The quantitative estimate of drug-likeness (QED) is 0.683. The molecule has 2 aromatic rings. The number of amides is 1. The van der Waals surface area contributed by atoms with Crippen LogP contribution in [-0.2, 0) is 16.0 Å². The van der Waals surface area contributed by atoms with Crippen LogP contribution in [0.15, 0.2) is 54.6 Å². The third-order valence-electron chi connectivity index (χ3n) is 3.58. The molecule has 138 valence electrons. The van der Waals surface area contributed by atoms with E-state index in [0.29, 0.717) is 12.4 Å². The highest BCUT2D eigenvalue weighted by Crippen LogP contribution is 2.17. The second-order valence-electron chi connectivity index (χ2n) is 5.76. The van der Waals surface area contributed by atoms with Crippen LogP contribution in [0.2, 0.25) is 0 Å². The van der Waals surface area contributed by atoms with Crippen molar-refractivity contribution in [1.82, 2.24) is 5.32 Å². The van der Waals surface area contributed by atoms with Crippen LogP contribution in [-0.4, -0.2) is 36.2 Å². The van der Waals surface area contributed by atoms with Gasteiger partial charge in [0.15, 0.2) is 6.61 Å². The summed E-state index contributed by atoms with van der Waals surface area (Å²) in [6, 6.07) is 15.1. The van der Waals surface area contributed by atoms with Gasteiger partial charge in [-0.3, -0.25) is 4.79 Å². The van der Waals surface area contributed by atoms with Crippen LogP contribution in [0.3, 0.4) is 0 Å². The summed E-state index contributed by atoms with van der Waals surface area (Å²) < 4.78 is 10.9. The average Bonchev–Trinajstić information content (AvgIpc) is 2.65. The minimum Gasteiger partial charge on any atom is -0.494 e. The third kappa shape index (κ3) is 6.47. The van der Waals surface area contributed by atoms with Crippen molar-refractivity contribution >= 4 is 11.9 Å². The molecule has 0 saturated carbocycles. The molecule has 1 amide bonds. The summed E-state index contributed by atoms with van der Waals surface area (Å²) in [4.78, 5) is 23.4. The average molecular weight is 357 g/mol. The molecule has 0 spiro atoms. The first-order valence-corrected chi connectivity index (χ1v) is 8.50. The zero-order valence-electron chi connectivity index (χ0n) is 14.7. The lowest BCUT2D eigenvalue weighted by Crippen LogP contribution is -2.44. The van der Waals surface area contributed by atoms with Crippen LogP contribution in [0.1, 0.15) is 18.9 Å². The lowest BCUT2D eigenvalue weighted by molar-refractivity contribution is -0.142. The second-order valence-corrected chi connectivity index (χ2v) is 5.76. The van der Waals surface area contributed by atoms with Crippen molar-refractivity contribution in [3.05, 3.63) is 60.2 Å². The summed E-state index contributed by atoms with van der Waals surface area (Å²) in [5.41, 5.74) is 0.837. The van der Waals surface area contributed by atoms with Crippen molar-refractivity contribution in [2.24, 2.45) is 0 Å². The van der Waals surface area contributed by atoms with Crippen molar-refractivity contribution in [3.8, 4) is 11.5 Å². The predicted octanol–water partition coefficient (Wildman–Crippen LogP) is 2.67. The van der Waals surface area contributed by atoms with Crippen molar-refractivity contribution in [3.63, 3.8) is 0 Å². The van der Waals surface area contributed by atoms with E-state index in [1.165, 1.54) is 0 Å². The standard InChI is InChI=1S/C20H23NO5/c1-2-12-25-16-8-10-17(11-9-16)26-14-19(22)21-18(20(23)24)13-15-6-4-3-5-7-15/h3-11,18H,2,12-14H2,1H3,(H,21,22)(H,23,24). The summed E-state index contributed by atoms with van der Waals surface area (Å²) in [7, 11) is 0. The van der Waals surface area contributed by atoms with Gasteiger partial charge < -0.3 is 19.9 Å². The first kappa shape index (κ1) is 19.3. The van der Waals surface area contributed by atoms with Crippen molar-refractivity contribution in [2.75, 3.05) is 13.2 Å². The van der Waals surface area contributed by atoms with Crippen LogP contribution in [0.4, 0.5) is 0 Å². The highest BCUT2D eigenvalue weighted by atomic mass is 16.5. The number of carbonyl (C=O) groups is 2. The van der Waals surface area contributed by atoms with Gasteiger partial charge in [0.05, 0.1) is 6.61 Å². The summed E-state index contributed by atoms with van der Waals surface area (Å²) in [6.07, 6.45) is 1.14. The van der Waals surface area contributed by atoms with E-state index < -0.39 is 17.9 Å². The number of benzene rings is 2. The molecular formula is C20H23NO5. The minimum absolute atomic E-state index is 0.214. The molecule has 0 aliphatic rings. The molecule has 1 atom stereocenters. The maximum absolute atomic E-state index is 12.0. The Morgan fingerprint density at radius 3 is 2.19 bits per heavy atom. The highest BCUT2D eigenvalue weighted by Gasteiger charge is 2.20. The molecule has 2 N–H and O–H groups in total. The topological polar surface area (TPSA) is 84.9 Å². The lowest BCUT2D eigenvalue weighted by Gasteiger charge is -2.15. The molecule has 0 bridgehead atoms. The Hall–Kier alpha value is -3.02. The van der Waals surface area contributed by atoms with E-state index in [2.05, 4.69) is 5.32 Å². The van der Waals surface area contributed by atoms with Crippen LogP contribution < -0.4 is 14.8 Å². The zero-order chi connectivity index (χ0) is 18.8. The summed E-state index contributed by atoms with van der Waals surface area (Å²) >= 11 is 0. The van der Waals surface area contributed by atoms with Crippen LogP contribution in [0.25, 0.3) is 0 Å². The maximum atomic E-state index is 12.0. The van der Waals surface area contributed by atoms with Gasteiger partial charge in [-0.2, -0.15) is 0 Å². The van der Waals surface area contributed by atoms with Crippen molar-refractivity contribution in [1.29, 1.82) is 0 Å². The van der Waals surface area contributed by atoms with Gasteiger partial charge in [-0.15, -0.1) is 0 Å². The fraction of sp³-hybridized carbons (Fsp3) is 0.300. The zero-order valence-corrected chi connectivity index (χ0v) is 14.7. The van der Waals surface area contributed by atoms with Crippen LogP contribution in [0.5, 0.6) is 11.5 Å². The number of nitrogens with one attached hydrogen (secondary N) is 1. The van der Waals surface area contributed by atoms with E-state index in [1.54, 1.807) is 24.3 Å². The number of aliphatic carboxylic acids is 1. The van der Waals surface area contributed by atoms with Crippen LogP contribution >= 0.6 is 0 Å². The number of rotatable bonds is 10. The molecule has 6 heteroatoms. The molecule has 6 nitrogen and oxygen atoms in total. The second kappa shape index (κ2) is 10.1. The number of hydrogen-bond acceptors (Lipinski definition) is 4. The highest BCUT2D eigenvalue weighted by molar-refractivity contribution is 5.84. The van der Waals surface area contributed by atoms with Crippen LogP contribution in [0, 0.1) is 0 Å². The van der Waals surface area contributed by atoms with Gasteiger partial charge in [-0.25, -0.2) is 4.79 Å². The number of carboxylic acids is 1. The molecule has 1 unspecified atom stereocenters. The Bertz CT molecular complexity index is 700. The molecule has 0 fully saturated rings. The van der Waals surface area contributed by atoms with Crippen molar-refractivity contribution < 1.29 is 24.2 Å². The first-order chi connectivity index (χ1) is 12.6. The molecule has 0 aliphatic heterocycles. The number of ether oxygens (including phenoxy) is 2. The summed E-state index contributed by atoms with van der Waals surface area (Å²) in [6.45, 7) is 2.41. The number of carboxylic acid groups (broad SMARTS) is 1. The first-order valence-electron chi connectivity index (χ1n) is 8.50. The molecule has 0 saturated heterocycles. The summed E-state index contributed by atoms with van der Waals surface area (Å²) in [5.74, 6) is -0.323. The normalized spacial score (nSPS) is 11.4. The fourth-order valence-corrected chi connectivity index (χ4v) is 2.29. The van der Waals surface area contributed by atoms with Gasteiger partial charge in [-0.05, 0) is 36.2 Å². The molecular weight excluding hydrogens is 334 g/mol. The Labute approximate surface area is 152 Å². The minimum atomic E-state index is -1.08. The predicted molar refractivity (Wildman–Crippen MR) is 97.4 cm³/mol. The Balaban J connectivity index is 1.83. The molecule has 2 aromatic carbocycles. The molecule has 0 aliphatic carbocycles. The monoisotopic (exact) mass is 357 g/mol. The van der Waals surface area contributed by atoms with E-state index in [4.69, 9.17) is 9.47 Å². The SMILES string of the molecule is CCCOc1ccc(OCC(=O)NC(Cc2ccccc2)C(=O)O)cc1. The largest absolute Gasteiger partial charge is 0.494 e. The maximum Gasteiger partial charge on any atom is 0.326 e. The van der Waals surface area contributed by atoms with E-state index >= 15 is 0 Å². The fourth-order valence-electron chi connectivity index (χ4n) is 2.29. The summed E-state index contributed by atoms with van der Waals surface area (Å²) in [5, 5.41) is 11.8. The van der Waals surface area contributed by atoms with Gasteiger partial charge in [0, 0.05) is 6.42 Å². The molecule has 26 heavy (non-hydrogen) atoms. The van der Waals surface area contributed by atoms with Crippen molar-refractivity contribution in [2.45, 2.75) is 25.8 Å². The number of carbonyl (C=O) groups excluding carboxylic acids is 1.